The van der Waals surface area contributed by atoms with E-state index in [4.69, 9.17) is 6.57 Å². The zero-order valence-electron chi connectivity index (χ0n) is 12.0. The van der Waals surface area contributed by atoms with E-state index in [1.807, 2.05) is 0 Å². The average molecular weight is 356 g/mol. The molecule has 0 saturated carbocycles. The average Bonchev–Trinajstić information content (AvgIpc) is 2.97. The van der Waals surface area contributed by atoms with E-state index >= 15 is 0 Å². The Kier molecular flexibility index (Phi) is 3.67. The fourth-order valence-electron chi connectivity index (χ4n) is 2.19. The van der Waals surface area contributed by atoms with Crippen LogP contribution in [-0.4, -0.2) is 14.4 Å². The first-order valence-electron chi connectivity index (χ1n) is 6.61. The molecule has 0 aliphatic heterocycles. The first-order chi connectivity index (χ1) is 11.6. The summed E-state index contributed by atoms with van der Waals surface area (Å²) >= 11 is 0. The molecule has 0 saturated heterocycles. The number of alkyl halides is 6. The summed E-state index contributed by atoms with van der Waals surface area (Å²) in [4.78, 5) is 10.4. The van der Waals surface area contributed by atoms with E-state index in [0.29, 0.717) is 6.20 Å². The maximum atomic E-state index is 12.8. The Morgan fingerprint density at radius 1 is 0.880 bits per heavy atom. The molecule has 0 aliphatic carbocycles. The molecule has 25 heavy (non-hydrogen) atoms. The number of rotatable bonds is 1. The van der Waals surface area contributed by atoms with Crippen LogP contribution < -0.4 is 0 Å². The Hall–Kier alpha value is -3.09. The minimum Gasteiger partial charge on any atom is -0.359 e. The largest absolute Gasteiger partial charge is 0.434 e. The number of benzene rings is 1. The van der Waals surface area contributed by atoms with Gasteiger partial charge in [0.1, 0.15) is 0 Å². The molecule has 0 amide bonds. The van der Waals surface area contributed by atoms with Crippen molar-refractivity contribution in [1.82, 2.24) is 14.4 Å². The van der Waals surface area contributed by atoms with Crippen molar-refractivity contribution in [2.24, 2.45) is 0 Å². The van der Waals surface area contributed by atoms with Gasteiger partial charge in [0.25, 0.3) is 5.82 Å². The summed E-state index contributed by atoms with van der Waals surface area (Å²) in [6.45, 7) is 6.98. The molecule has 2 aromatic heterocycles. The smallest absolute Gasteiger partial charge is 0.359 e. The fourth-order valence-corrected chi connectivity index (χ4v) is 2.19. The van der Waals surface area contributed by atoms with Gasteiger partial charge >= 0.3 is 12.4 Å². The number of hydrogen-bond donors (Lipinski definition) is 0. The lowest BCUT2D eigenvalue weighted by Crippen LogP contribution is -2.04. The lowest BCUT2D eigenvalue weighted by Gasteiger charge is -2.07. The van der Waals surface area contributed by atoms with Crippen LogP contribution in [0.2, 0.25) is 0 Å². The van der Waals surface area contributed by atoms with E-state index in [1.165, 1.54) is 0 Å². The molecule has 1 aromatic carbocycles. The first-order valence-corrected chi connectivity index (χ1v) is 6.61. The molecular weight excluding hydrogens is 350 g/mol. The maximum Gasteiger partial charge on any atom is 0.434 e. The van der Waals surface area contributed by atoms with Gasteiger partial charge < -0.3 is 9.25 Å². The lowest BCUT2D eigenvalue weighted by molar-refractivity contribution is -0.141. The van der Waals surface area contributed by atoms with Crippen molar-refractivity contribution >= 4 is 11.5 Å². The van der Waals surface area contributed by atoms with Crippen molar-refractivity contribution in [3.63, 3.8) is 0 Å². The molecular formula is C15H6F6N4. The summed E-state index contributed by atoms with van der Waals surface area (Å²) in [6, 6.07) is 3.71. The van der Waals surface area contributed by atoms with Crippen molar-refractivity contribution in [3.8, 4) is 11.3 Å². The predicted octanol–water partition coefficient (Wildman–Crippen LogP) is 4.98. The molecule has 0 unspecified atom stereocenters. The number of fused-ring (bicyclic) bond motifs is 1. The van der Waals surface area contributed by atoms with Crippen molar-refractivity contribution in [1.29, 1.82) is 0 Å². The van der Waals surface area contributed by atoms with E-state index in [2.05, 4.69) is 14.8 Å². The quantitative estimate of drug-likeness (QED) is 0.455. The van der Waals surface area contributed by atoms with E-state index in [1.54, 1.807) is 0 Å². The number of nitrogens with zero attached hydrogens (tertiary/aromatic N) is 4. The van der Waals surface area contributed by atoms with Gasteiger partial charge in [-0.05, 0) is 24.3 Å². The summed E-state index contributed by atoms with van der Waals surface area (Å²) < 4.78 is 77.4. The van der Waals surface area contributed by atoms with E-state index in [-0.39, 0.29) is 22.7 Å². The lowest BCUT2D eigenvalue weighted by atomic mass is 10.1. The Balaban J connectivity index is 2.21. The highest BCUT2D eigenvalue weighted by molar-refractivity contribution is 5.75. The van der Waals surface area contributed by atoms with Gasteiger partial charge in [-0.3, -0.25) is 0 Å². The summed E-state index contributed by atoms with van der Waals surface area (Å²) in [5.74, 6) is -0.214. The third kappa shape index (κ3) is 3.13. The molecule has 0 aliphatic rings. The van der Waals surface area contributed by atoms with Crippen LogP contribution in [0, 0.1) is 6.57 Å². The fraction of sp³-hybridized carbons (Fsp3) is 0.133. The van der Waals surface area contributed by atoms with Gasteiger partial charge in [0.15, 0.2) is 11.3 Å². The highest BCUT2D eigenvalue weighted by atomic mass is 19.4. The molecule has 3 aromatic rings. The van der Waals surface area contributed by atoms with Crippen LogP contribution in [0.25, 0.3) is 21.7 Å². The molecule has 128 valence electrons. The van der Waals surface area contributed by atoms with E-state index < -0.39 is 23.6 Å². The number of aromatic nitrogens is 3. The second-order valence-electron chi connectivity index (χ2n) is 4.99. The molecule has 0 atom stereocenters. The van der Waals surface area contributed by atoms with Crippen LogP contribution in [0.5, 0.6) is 0 Å². The van der Waals surface area contributed by atoms with Crippen LogP contribution in [0.15, 0.2) is 36.7 Å². The van der Waals surface area contributed by atoms with Crippen molar-refractivity contribution in [3.05, 3.63) is 59.3 Å². The van der Waals surface area contributed by atoms with Gasteiger partial charge in [0.2, 0.25) is 5.69 Å². The van der Waals surface area contributed by atoms with Gasteiger partial charge in [0, 0.05) is 18.0 Å². The number of hydrogen-bond acceptors (Lipinski definition) is 2. The van der Waals surface area contributed by atoms with E-state index in [9.17, 15) is 26.3 Å². The third-order valence-corrected chi connectivity index (χ3v) is 3.32. The first kappa shape index (κ1) is 16.8. The Morgan fingerprint density at radius 2 is 1.52 bits per heavy atom. The summed E-state index contributed by atoms with van der Waals surface area (Å²) in [5.41, 5.74) is -2.31. The topological polar surface area (TPSA) is 34.5 Å². The zero-order valence-corrected chi connectivity index (χ0v) is 12.0. The van der Waals surface area contributed by atoms with Crippen molar-refractivity contribution < 1.29 is 26.3 Å². The highest BCUT2D eigenvalue weighted by Gasteiger charge is 2.35. The normalized spacial score (nSPS) is 12.4. The van der Waals surface area contributed by atoms with Crippen LogP contribution in [0.3, 0.4) is 0 Å². The molecule has 10 heteroatoms. The maximum absolute atomic E-state index is 12.8. The Morgan fingerprint density at radius 3 is 2.04 bits per heavy atom. The zero-order chi connectivity index (χ0) is 18.4. The third-order valence-electron chi connectivity index (χ3n) is 3.32. The SMILES string of the molecule is [C-]#[N+]c1cn2cc(C(F)(F)F)nc2c(-c2ccc(C(F)(F)F)cc2)n1. The molecule has 2 heterocycles. The highest BCUT2D eigenvalue weighted by Crippen LogP contribution is 2.34. The molecule has 0 fully saturated rings. The predicted molar refractivity (Wildman–Crippen MR) is 74.7 cm³/mol. The number of halogens is 6. The molecule has 0 bridgehead atoms. The van der Waals surface area contributed by atoms with Gasteiger partial charge in [-0.2, -0.15) is 26.3 Å². The molecule has 3 rings (SSSR count). The summed E-state index contributed by atoms with van der Waals surface area (Å²) in [5, 5.41) is 0. The van der Waals surface area contributed by atoms with Gasteiger partial charge in [0.05, 0.1) is 5.56 Å². The van der Waals surface area contributed by atoms with Gasteiger partial charge in [-0.1, -0.05) is 6.57 Å². The molecule has 4 nitrogen and oxygen atoms in total. The second kappa shape index (κ2) is 5.47. The van der Waals surface area contributed by atoms with Crippen molar-refractivity contribution in [2.75, 3.05) is 0 Å². The van der Waals surface area contributed by atoms with Crippen LogP contribution in [0.1, 0.15) is 11.3 Å². The standard InChI is InChI=1S/C15H6F6N4/c1-22-11-7-25-6-10(15(19,20)21)23-13(25)12(24-11)8-2-4-9(5-3-8)14(16,17)18/h2-7H. The summed E-state index contributed by atoms with van der Waals surface area (Å²) in [6.07, 6.45) is -7.49. The Bertz CT molecular complexity index is 977. The van der Waals surface area contributed by atoms with Crippen LogP contribution >= 0.6 is 0 Å². The summed E-state index contributed by atoms with van der Waals surface area (Å²) in [7, 11) is 0. The van der Waals surface area contributed by atoms with Crippen molar-refractivity contribution in [2.45, 2.75) is 12.4 Å². The Labute approximate surface area is 136 Å². The van der Waals surface area contributed by atoms with Gasteiger partial charge in [-0.15, -0.1) is 4.98 Å². The van der Waals surface area contributed by atoms with Crippen LogP contribution in [0.4, 0.5) is 32.2 Å². The molecule has 0 spiro atoms. The monoisotopic (exact) mass is 356 g/mol. The molecule has 0 radical (unpaired) electrons. The van der Waals surface area contributed by atoms with E-state index in [0.717, 1.165) is 34.9 Å². The minimum atomic E-state index is -4.71. The minimum absolute atomic E-state index is 0.113. The number of imidazole rings is 1. The molecule has 0 N–H and O–H groups in total. The second-order valence-corrected chi connectivity index (χ2v) is 4.99. The van der Waals surface area contributed by atoms with Gasteiger partial charge in [-0.25, -0.2) is 4.98 Å². The van der Waals surface area contributed by atoms with Crippen LogP contribution in [-0.2, 0) is 12.4 Å².